The molecule has 0 aliphatic rings. The first-order chi connectivity index (χ1) is 7.74. The van der Waals surface area contributed by atoms with E-state index >= 15 is 0 Å². The van der Waals surface area contributed by atoms with Crippen LogP contribution < -0.4 is 11.4 Å². The molecule has 0 fully saturated rings. The van der Waals surface area contributed by atoms with Crippen molar-refractivity contribution in [1.82, 2.24) is 9.55 Å². The van der Waals surface area contributed by atoms with Gasteiger partial charge in [0, 0.05) is 0 Å². The molecule has 5 nitrogen and oxygen atoms in total. The number of rotatable bonds is 1. The number of benzene rings is 1. The third-order valence-electron chi connectivity index (χ3n) is 2.15. The summed E-state index contributed by atoms with van der Waals surface area (Å²) < 4.78 is 1.21. The predicted molar refractivity (Wildman–Crippen MR) is 59.0 cm³/mol. The van der Waals surface area contributed by atoms with Crippen LogP contribution in [0.3, 0.4) is 0 Å². The molecule has 0 aliphatic heterocycles. The first-order valence-corrected chi connectivity index (χ1v) is 4.57. The Kier molecular flexibility index (Phi) is 2.40. The van der Waals surface area contributed by atoms with Crippen molar-refractivity contribution in [2.75, 3.05) is 5.73 Å². The lowest BCUT2D eigenvalue weighted by Crippen LogP contribution is -2.24. The predicted octanol–water partition coefficient (Wildman–Crippen LogP) is 0.686. The summed E-state index contributed by atoms with van der Waals surface area (Å²) in [7, 11) is 0. The van der Waals surface area contributed by atoms with Crippen LogP contribution >= 0.6 is 0 Å². The first-order valence-electron chi connectivity index (χ1n) is 4.57. The molecule has 0 spiro atoms. The Balaban J connectivity index is 2.76. The number of nitrogens with zero attached hydrogens (tertiary/aromatic N) is 3. The Labute approximate surface area is 91.4 Å². The van der Waals surface area contributed by atoms with Gasteiger partial charge in [0.1, 0.15) is 17.5 Å². The summed E-state index contributed by atoms with van der Waals surface area (Å²) in [5, 5.41) is 8.80. The van der Waals surface area contributed by atoms with Gasteiger partial charge in [-0.2, -0.15) is 10.2 Å². The van der Waals surface area contributed by atoms with Crippen molar-refractivity contribution in [1.29, 1.82) is 5.26 Å². The summed E-state index contributed by atoms with van der Waals surface area (Å²) in [5.41, 5.74) is 6.01. The van der Waals surface area contributed by atoms with Crippen LogP contribution in [0, 0.1) is 11.3 Å². The zero-order chi connectivity index (χ0) is 11.5. The molecule has 2 N–H and O–H groups in total. The number of para-hydroxylation sites is 1. The van der Waals surface area contributed by atoms with E-state index in [1.165, 1.54) is 10.8 Å². The lowest BCUT2D eigenvalue weighted by Gasteiger charge is -2.08. The quantitative estimate of drug-likeness (QED) is 0.753. The summed E-state index contributed by atoms with van der Waals surface area (Å²) in [4.78, 5) is 15.2. The molecule has 0 radical (unpaired) electrons. The van der Waals surface area contributed by atoms with Gasteiger partial charge in [-0.3, -0.25) is 0 Å². The maximum Gasteiger partial charge on any atom is 0.353 e. The van der Waals surface area contributed by atoms with E-state index in [1.54, 1.807) is 24.3 Å². The average Bonchev–Trinajstić information content (AvgIpc) is 2.31. The maximum absolute atomic E-state index is 11.6. The van der Waals surface area contributed by atoms with Gasteiger partial charge >= 0.3 is 5.69 Å². The van der Waals surface area contributed by atoms with Gasteiger partial charge in [-0.05, 0) is 12.1 Å². The molecule has 16 heavy (non-hydrogen) atoms. The SMILES string of the molecule is N#Cc1cnc(=O)n(-c2ccccc2)c1N. The van der Waals surface area contributed by atoms with Gasteiger partial charge in [0.15, 0.2) is 0 Å². The molecule has 0 atom stereocenters. The van der Waals surface area contributed by atoms with Crippen molar-refractivity contribution in [3.63, 3.8) is 0 Å². The first kappa shape index (κ1) is 9.93. The van der Waals surface area contributed by atoms with Crippen LogP contribution in [-0.2, 0) is 0 Å². The number of hydrogen-bond donors (Lipinski definition) is 1. The van der Waals surface area contributed by atoms with Gasteiger partial charge < -0.3 is 5.73 Å². The van der Waals surface area contributed by atoms with E-state index < -0.39 is 5.69 Å². The number of nitrogens with two attached hydrogens (primary N) is 1. The van der Waals surface area contributed by atoms with Crippen molar-refractivity contribution in [2.24, 2.45) is 0 Å². The molecule has 1 heterocycles. The summed E-state index contributed by atoms with van der Waals surface area (Å²) in [6.45, 7) is 0. The molecule has 5 heteroatoms. The van der Waals surface area contributed by atoms with E-state index in [9.17, 15) is 4.79 Å². The highest BCUT2D eigenvalue weighted by molar-refractivity contribution is 5.52. The highest BCUT2D eigenvalue weighted by Crippen LogP contribution is 2.12. The summed E-state index contributed by atoms with van der Waals surface area (Å²) in [5.74, 6) is 0.105. The maximum atomic E-state index is 11.6. The lowest BCUT2D eigenvalue weighted by molar-refractivity contribution is 0.922. The molecular weight excluding hydrogens is 204 g/mol. The van der Waals surface area contributed by atoms with Gasteiger partial charge in [-0.25, -0.2) is 9.36 Å². The average molecular weight is 212 g/mol. The van der Waals surface area contributed by atoms with Crippen LogP contribution in [0.25, 0.3) is 5.69 Å². The number of aromatic nitrogens is 2. The minimum absolute atomic E-state index is 0.105. The second-order valence-electron chi connectivity index (χ2n) is 3.12. The highest BCUT2D eigenvalue weighted by Gasteiger charge is 2.08. The second-order valence-corrected chi connectivity index (χ2v) is 3.12. The van der Waals surface area contributed by atoms with Gasteiger partial charge in [-0.1, -0.05) is 18.2 Å². The molecular formula is C11H8N4O. The Bertz CT molecular complexity index is 610. The summed E-state index contributed by atoms with van der Waals surface area (Å²) >= 11 is 0. The molecule has 2 rings (SSSR count). The third-order valence-corrected chi connectivity index (χ3v) is 2.15. The molecule has 1 aromatic carbocycles. The van der Waals surface area contributed by atoms with Gasteiger partial charge in [0.25, 0.3) is 0 Å². The molecule has 0 aliphatic carbocycles. The minimum atomic E-state index is -0.497. The molecule has 0 bridgehead atoms. The Morgan fingerprint density at radius 1 is 1.31 bits per heavy atom. The van der Waals surface area contributed by atoms with Gasteiger partial charge in [-0.15, -0.1) is 0 Å². The Hall–Kier alpha value is -2.61. The third kappa shape index (κ3) is 1.53. The fourth-order valence-electron chi connectivity index (χ4n) is 1.38. The fourth-order valence-corrected chi connectivity index (χ4v) is 1.38. The van der Waals surface area contributed by atoms with E-state index in [1.807, 2.05) is 12.1 Å². The minimum Gasteiger partial charge on any atom is -0.384 e. The monoisotopic (exact) mass is 212 g/mol. The van der Waals surface area contributed by atoms with Crippen LogP contribution in [0.4, 0.5) is 5.82 Å². The zero-order valence-electron chi connectivity index (χ0n) is 8.29. The van der Waals surface area contributed by atoms with Crippen molar-refractivity contribution >= 4 is 5.82 Å². The van der Waals surface area contributed by atoms with E-state index in [2.05, 4.69) is 4.98 Å². The van der Waals surface area contributed by atoms with Crippen molar-refractivity contribution in [3.05, 3.63) is 52.6 Å². The van der Waals surface area contributed by atoms with E-state index in [0.717, 1.165) is 0 Å². The molecule has 78 valence electrons. The molecule has 0 unspecified atom stereocenters. The summed E-state index contributed by atoms with van der Waals surface area (Å²) in [6, 6.07) is 10.7. The number of anilines is 1. The Morgan fingerprint density at radius 3 is 2.62 bits per heavy atom. The molecule has 0 amide bonds. The number of hydrogen-bond acceptors (Lipinski definition) is 4. The van der Waals surface area contributed by atoms with Gasteiger partial charge in [0.05, 0.1) is 11.9 Å². The van der Waals surface area contributed by atoms with E-state index in [4.69, 9.17) is 11.0 Å². The smallest absolute Gasteiger partial charge is 0.353 e. The van der Waals surface area contributed by atoms with Crippen LogP contribution in [0.1, 0.15) is 5.56 Å². The van der Waals surface area contributed by atoms with E-state index in [-0.39, 0.29) is 11.4 Å². The van der Waals surface area contributed by atoms with Crippen molar-refractivity contribution in [2.45, 2.75) is 0 Å². The largest absolute Gasteiger partial charge is 0.384 e. The lowest BCUT2D eigenvalue weighted by atomic mass is 10.3. The number of nitrogen functional groups attached to an aromatic ring is 1. The fraction of sp³-hybridized carbons (Fsp3) is 0. The van der Waals surface area contributed by atoms with Crippen LogP contribution in [0.2, 0.25) is 0 Å². The zero-order valence-corrected chi connectivity index (χ0v) is 8.29. The normalized spacial score (nSPS) is 9.69. The van der Waals surface area contributed by atoms with Crippen LogP contribution in [0.15, 0.2) is 41.3 Å². The standard InChI is InChI=1S/C11H8N4O/c12-6-8-7-14-11(16)15(10(8)13)9-4-2-1-3-5-9/h1-5,7H,13H2. The highest BCUT2D eigenvalue weighted by atomic mass is 16.1. The molecule has 0 saturated heterocycles. The van der Waals surface area contributed by atoms with E-state index in [0.29, 0.717) is 5.69 Å². The molecule has 0 saturated carbocycles. The van der Waals surface area contributed by atoms with Gasteiger partial charge in [0.2, 0.25) is 0 Å². The van der Waals surface area contributed by atoms with Crippen LogP contribution in [0.5, 0.6) is 0 Å². The topological polar surface area (TPSA) is 84.7 Å². The summed E-state index contributed by atoms with van der Waals surface area (Å²) in [6.07, 6.45) is 1.18. The second kappa shape index (κ2) is 3.87. The number of nitriles is 1. The van der Waals surface area contributed by atoms with Crippen molar-refractivity contribution < 1.29 is 0 Å². The Morgan fingerprint density at radius 2 is 2.00 bits per heavy atom. The molecule has 2 aromatic rings. The van der Waals surface area contributed by atoms with Crippen LogP contribution in [-0.4, -0.2) is 9.55 Å². The molecule has 1 aromatic heterocycles. The van der Waals surface area contributed by atoms with Crippen molar-refractivity contribution in [3.8, 4) is 11.8 Å².